The van der Waals surface area contributed by atoms with E-state index in [4.69, 9.17) is 0 Å². The zero-order chi connectivity index (χ0) is 39.4. The molecule has 326 valence electrons. The van der Waals surface area contributed by atoms with Gasteiger partial charge < -0.3 is 0 Å². The fourth-order valence-corrected chi connectivity index (χ4v) is 8.98. The zero-order valence-electron chi connectivity index (χ0n) is 38.8. The highest BCUT2D eigenvalue weighted by Gasteiger charge is 2.16. The van der Waals surface area contributed by atoms with Gasteiger partial charge in [-0.05, 0) is 32.1 Å². The van der Waals surface area contributed by atoms with Crippen LogP contribution < -0.4 is 4.57 Å². The summed E-state index contributed by atoms with van der Waals surface area (Å²) in [4.78, 5) is 0. The lowest BCUT2D eigenvalue weighted by atomic mass is 10.0. The lowest BCUT2D eigenvalue weighted by Crippen LogP contribution is -2.37. The van der Waals surface area contributed by atoms with E-state index in [0.29, 0.717) is 0 Å². The maximum absolute atomic E-state index is 2.66. The molecule has 0 bridgehead atoms. The van der Waals surface area contributed by atoms with E-state index in [2.05, 4.69) is 42.3 Å². The lowest BCUT2D eigenvalue weighted by Gasteiger charge is -2.07. The van der Waals surface area contributed by atoms with E-state index in [-0.39, 0.29) is 0 Å². The number of aryl methyl sites for hydroxylation is 2. The van der Waals surface area contributed by atoms with Crippen LogP contribution in [0.2, 0.25) is 0 Å². The van der Waals surface area contributed by atoms with Gasteiger partial charge in [0, 0.05) is 6.42 Å². The molecule has 2 heteroatoms. The Morgan fingerprint density at radius 1 is 0.309 bits per heavy atom. The molecule has 0 saturated heterocycles. The van der Waals surface area contributed by atoms with Crippen LogP contribution in [0.4, 0.5) is 0 Å². The van der Waals surface area contributed by atoms with Crippen LogP contribution in [0.15, 0.2) is 12.4 Å². The summed E-state index contributed by atoms with van der Waals surface area (Å²) in [5.41, 5.74) is 0. The standard InChI is InChI=1S/C53H105N2/c1-4-7-10-13-16-19-22-25-28-29-32-35-38-41-44-47-50-55-52-51-54(49-46-43-40-37-34-31-27-24-21-18-15-12-9-6-3)53(55)48-45-42-39-36-33-30-26-23-20-17-14-11-8-5-2/h51-52H,4-50H2,1-3H3/q+1. The van der Waals surface area contributed by atoms with E-state index in [0.717, 1.165) is 0 Å². The molecule has 2 nitrogen and oxygen atoms in total. The van der Waals surface area contributed by atoms with Gasteiger partial charge in [0.25, 0.3) is 5.82 Å². The molecule has 0 aliphatic rings. The minimum atomic E-state index is 1.23. The third-order valence-electron chi connectivity index (χ3n) is 12.8. The van der Waals surface area contributed by atoms with Crippen LogP contribution in [0.25, 0.3) is 0 Å². The van der Waals surface area contributed by atoms with Gasteiger partial charge in [0.1, 0.15) is 12.4 Å². The zero-order valence-corrected chi connectivity index (χ0v) is 38.8. The van der Waals surface area contributed by atoms with Crippen molar-refractivity contribution in [1.29, 1.82) is 0 Å². The summed E-state index contributed by atoms with van der Waals surface area (Å²) in [6.45, 7) is 9.42. The predicted molar refractivity (Wildman–Crippen MR) is 249 cm³/mol. The van der Waals surface area contributed by atoms with Gasteiger partial charge in [-0.15, -0.1) is 0 Å². The van der Waals surface area contributed by atoms with E-state index in [1.54, 1.807) is 5.82 Å². The third kappa shape index (κ3) is 36.1. The van der Waals surface area contributed by atoms with Crippen molar-refractivity contribution in [2.45, 2.75) is 323 Å². The summed E-state index contributed by atoms with van der Waals surface area (Å²) in [7, 11) is 0. The SMILES string of the molecule is CCCCCCCCCCCCCCCCCCn1cc[n+](CCCCCCCCCCCCCCCC)c1CCCCCCCCCCCCCCCC. The van der Waals surface area contributed by atoms with Crippen molar-refractivity contribution in [3.8, 4) is 0 Å². The molecule has 1 heterocycles. The maximum atomic E-state index is 2.66. The Hall–Kier alpha value is -0.790. The second kappa shape index (κ2) is 44.3. The molecule has 1 aromatic heterocycles. The van der Waals surface area contributed by atoms with Gasteiger partial charge >= 0.3 is 0 Å². The molecule has 0 aromatic carbocycles. The highest BCUT2D eigenvalue weighted by molar-refractivity contribution is 4.84. The van der Waals surface area contributed by atoms with Gasteiger partial charge in [0.2, 0.25) is 0 Å². The molecule has 0 saturated carbocycles. The first-order chi connectivity index (χ1) is 27.3. The fraction of sp³-hybridized carbons (Fsp3) is 0.943. The number of imidazole rings is 1. The molecule has 0 unspecified atom stereocenters. The Balaban J connectivity index is 2.25. The van der Waals surface area contributed by atoms with Crippen LogP contribution >= 0.6 is 0 Å². The number of rotatable bonds is 47. The Kier molecular flexibility index (Phi) is 42.1. The molecule has 0 aliphatic carbocycles. The Labute approximate surface area is 349 Å². The number of hydrogen-bond acceptors (Lipinski definition) is 0. The molecule has 0 aliphatic heterocycles. The number of unbranched alkanes of at least 4 members (excludes halogenated alkanes) is 41. The Bertz CT molecular complexity index is 841. The first kappa shape index (κ1) is 52.2. The molecule has 55 heavy (non-hydrogen) atoms. The molecular weight excluding hydrogens is 665 g/mol. The summed E-state index contributed by atoms with van der Waals surface area (Å²) < 4.78 is 5.32. The van der Waals surface area contributed by atoms with Gasteiger partial charge in [0.15, 0.2) is 0 Å². The summed E-state index contributed by atoms with van der Waals surface area (Å²) in [6.07, 6.45) is 69.8. The van der Waals surface area contributed by atoms with E-state index >= 15 is 0 Å². The monoisotopic (exact) mass is 770 g/mol. The molecule has 0 spiro atoms. The number of aromatic nitrogens is 2. The molecule has 1 rings (SSSR count). The largest absolute Gasteiger partial charge is 0.256 e. The fourth-order valence-electron chi connectivity index (χ4n) is 8.98. The van der Waals surface area contributed by atoms with Crippen molar-refractivity contribution in [2.75, 3.05) is 0 Å². The first-order valence-electron chi connectivity index (χ1n) is 26.4. The van der Waals surface area contributed by atoms with E-state index in [1.807, 2.05) is 0 Å². The summed E-state index contributed by atoms with van der Waals surface area (Å²) in [5, 5.41) is 0. The molecule has 0 radical (unpaired) electrons. The van der Waals surface area contributed by atoms with E-state index in [1.165, 1.54) is 302 Å². The Morgan fingerprint density at radius 2 is 0.564 bits per heavy atom. The molecule has 0 N–H and O–H groups in total. The summed E-state index contributed by atoms with van der Waals surface area (Å²) in [6, 6.07) is 0. The lowest BCUT2D eigenvalue weighted by molar-refractivity contribution is -0.704. The van der Waals surface area contributed by atoms with Crippen LogP contribution in [0.5, 0.6) is 0 Å². The average Bonchev–Trinajstić information content (AvgIpc) is 3.58. The predicted octanol–water partition coefficient (Wildman–Crippen LogP) is 18.5. The minimum absolute atomic E-state index is 1.23. The maximum Gasteiger partial charge on any atom is 0.256 e. The molecule has 0 amide bonds. The highest BCUT2D eigenvalue weighted by Crippen LogP contribution is 2.17. The van der Waals surface area contributed by atoms with Gasteiger partial charge in [-0.25, -0.2) is 9.13 Å². The van der Waals surface area contributed by atoms with Crippen molar-refractivity contribution >= 4 is 0 Å². The first-order valence-corrected chi connectivity index (χ1v) is 26.4. The molecule has 1 aromatic rings. The Morgan fingerprint density at radius 3 is 0.873 bits per heavy atom. The quantitative estimate of drug-likeness (QED) is 0.0461. The van der Waals surface area contributed by atoms with Gasteiger partial charge in [-0.3, -0.25) is 0 Å². The van der Waals surface area contributed by atoms with Crippen LogP contribution in [0, 0.1) is 0 Å². The van der Waals surface area contributed by atoms with Crippen LogP contribution in [0.1, 0.15) is 309 Å². The number of nitrogens with zero attached hydrogens (tertiary/aromatic N) is 2. The minimum Gasteiger partial charge on any atom is -0.234 e. The molecule has 0 atom stereocenters. The summed E-state index contributed by atoms with van der Waals surface area (Å²) in [5.74, 6) is 1.63. The normalized spacial score (nSPS) is 11.7. The molecule has 0 fully saturated rings. The van der Waals surface area contributed by atoms with Crippen molar-refractivity contribution in [1.82, 2.24) is 4.57 Å². The van der Waals surface area contributed by atoms with Crippen LogP contribution in [-0.2, 0) is 19.5 Å². The smallest absolute Gasteiger partial charge is 0.234 e. The second-order valence-corrected chi connectivity index (χ2v) is 18.3. The van der Waals surface area contributed by atoms with Crippen molar-refractivity contribution < 1.29 is 4.57 Å². The average molecular weight is 770 g/mol. The van der Waals surface area contributed by atoms with Gasteiger partial charge in [0.05, 0.1) is 13.1 Å². The summed E-state index contributed by atoms with van der Waals surface area (Å²) >= 11 is 0. The van der Waals surface area contributed by atoms with Crippen molar-refractivity contribution in [3.05, 3.63) is 18.2 Å². The van der Waals surface area contributed by atoms with Crippen LogP contribution in [-0.4, -0.2) is 4.57 Å². The van der Waals surface area contributed by atoms with Crippen molar-refractivity contribution in [2.24, 2.45) is 0 Å². The van der Waals surface area contributed by atoms with E-state index < -0.39 is 0 Å². The number of hydrogen-bond donors (Lipinski definition) is 0. The second-order valence-electron chi connectivity index (χ2n) is 18.3. The third-order valence-corrected chi connectivity index (χ3v) is 12.8. The van der Waals surface area contributed by atoms with Gasteiger partial charge in [-0.2, -0.15) is 0 Å². The topological polar surface area (TPSA) is 8.81 Å². The highest BCUT2D eigenvalue weighted by atomic mass is 15.1. The van der Waals surface area contributed by atoms with Crippen molar-refractivity contribution in [3.63, 3.8) is 0 Å². The van der Waals surface area contributed by atoms with Gasteiger partial charge in [-0.1, -0.05) is 271 Å². The van der Waals surface area contributed by atoms with Crippen LogP contribution in [0.3, 0.4) is 0 Å². The molecular formula is C53H105N2+. The van der Waals surface area contributed by atoms with E-state index in [9.17, 15) is 0 Å².